The van der Waals surface area contributed by atoms with Crippen LogP contribution in [-0.2, 0) is 10.0 Å². The normalized spacial score (nSPS) is 11.3. The predicted octanol–water partition coefficient (Wildman–Crippen LogP) is 5.36. The van der Waals surface area contributed by atoms with Crippen LogP contribution in [0.3, 0.4) is 0 Å². The number of aromatic nitrogens is 2. The van der Waals surface area contributed by atoms with E-state index in [9.17, 15) is 12.8 Å². The minimum atomic E-state index is -3.43. The Balaban J connectivity index is 0.00000210. The summed E-state index contributed by atoms with van der Waals surface area (Å²) in [6.45, 7) is 11.7. The maximum atomic E-state index is 14.6. The van der Waals surface area contributed by atoms with Crippen molar-refractivity contribution in [3.8, 4) is 0 Å². The van der Waals surface area contributed by atoms with Crippen LogP contribution < -0.4 is 14.9 Å². The number of nitrogens with one attached hydrogen (secondary N) is 2. The first kappa shape index (κ1) is 27.5. The van der Waals surface area contributed by atoms with Crippen molar-refractivity contribution in [2.45, 2.75) is 20.8 Å². The van der Waals surface area contributed by atoms with Crippen LogP contribution in [-0.4, -0.2) is 44.4 Å². The summed E-state index contributed by atoms with van der Waals surface area (Å²) in [4.78, 5) is 14.2. The molecule has 8 nitrogen and oxygen atoms in total. The van der Waals surface area contributed by atoms with Crippen molar-refractivity contribution in [1.82, 2.24) is 9.97 Å². The third kappa shape index (κ3) is 7.10. The van der Waals surface area contributed by atoms with Gasteiger partial charge < -0.3 is 10.2 Å². The first-order valence-corrected chi connectivity index (χ1v) is 12.5. The van der Waals surface area contributed by atoms with Crippen molar-refractivity contribution < 1.29 is 12.8 Å². The number of rotatable bonds is 7. The minimum Gasteiger partial charge on any atom is -0.327 e. The van der Waals surface area contributed by atoms with Crippen molar-refractivity contribution in [1.29, 1.82) is 0 Å². The van der Waals surface area contributed by atoms with Crippen molar-refractivity contribution in [2.24, 2.45) is 4.99 Å². The molecule has 2 aromatic carbocycles. The predicted molar refractivity (Wildman–Crippen MR) is 144 cm³/mol. The summed E-state index contributed by atoms with van der Waals surface area (Å²) in [5.41, 5.74) is 5.47. The summed E-state index contributed by atoms with van der Waals surface area (Å²) in [6, 6.07) is 10.9. The summed E-state index contributed by atoms with van der Waals surface area (Å²) in [6.07, 6.45) is 2.18. The molecule has 0 amide bonds. The minimum absolute atomic E-state index is 0.0992. The van der Waals surface area contributed by atoms with Crippen LogP contribution >= 0.6 is 0 Å². The van der Waals surface area contributed by atoms with Gasteiger partial charge in [0.1, 0.15) is 0 Å². The number of hydrogen-bond acceptors (Lipinski definition) is 7. The van der Waals surface area contributed by atoms with Gasteiger partial charge in [-0.3, -0.25) is 9.71 Å². The molecule has 0 spiro atoms. The van der Waals surface area contributed by atoms with E-state index < -0.39 is 15.8 Å². The van der Waals surface area contributed by atoms with Crippen LogP contribution in [0.2, 0.25) is 0 Å². The highest BCUT2D eigenvalue weighted by Crippen LogP contribution is 2.28. The van der Waals surface area contributed by atoms with E-state index in [2.05, 4.69) is 38.2 Å². The molecule has 0 saturated heterocycles. The average molecular weight is 499 g/mol. The number of hydrogen-bond donors (Lipinski definition) is 2. The highest BCUT2D eigenvalue weighted by molar-refractivity contribution is 7.92. The molecule has 0 fully saturated rings. The van der Waals surface area contributed by atoms with Crippen LogP contribution in [0, 0.1) is 19.7 Å². The molecular weight excluding hydrogens is 467 g/mol. The molecule has 3 aromatic rings. The van der Waals surface area contributed by atoms with E-state index >= 15 is 0 Å². The topological polar surface area (TPSA) is 99.6 Å². The molecule has 3 rings (SSSR count). The van der Waals surface area contributed by atoms with Gasteiger partial charge >= 0.3 is 0 Å². The molecule has 0 unspecified atom stereocenters. The van der Waals surface area contributed by atoms with E-state index in [0.29, 0.717) is 11.4 Å². The lowest BCUT2D eigenvalue weighted by atomic mass is 10.0. The van der Waals surface area contributed by atoms with Gasteiger partial charge in [-0.05, 0) is 61.7 Å². The molecule has 35 heavy (non-hydrogen) atoms. The molecule has 2 N–H and O–H groups in total. The molecule has 1 aromatic heterocycles. The molecule has 186 valence electrons. The van der Waals surface area contributed by atoms with Gasteiger partial charge in [0.2, 0.25) is 16.0 Å². The van der Waals surface area contributed by atoms with Gasteiger partial charge in [0.05, 0.1) is 18.1 Å². The summed E-state index contributed by atoms with van der Waals surface area (Å²) < 4.78 is 40.3. The van der Waals surface area contributed by atoms with E-state index in [-0.39, 0.29) is 11.8 Å². The molecule has 1 heterocycles. The fourth-order valence-corrected chi connectivity index (χ4v) is 3.92. The summed E-state index contributed by atoms with van der Waals surface area (Å²) >= 11 is 0. The third-order valence-electron chi connectivity index (χ3n) is 5.15. The molecule has 0 saturated carbocycles. The van der Waals surface area contributed by atoms with E-state index in [4.69, 9.17) is 0 Å². The SMILES string of the molecule is C=C.CN=C(C)c1ccc(N(C)c2nc(Nc3ccc(C)c(NS(C)(=O)=O)c3)ncc2F)cc1C. The summed E-state index contributed by atoms with van der Waals surface area (Å²) in [7, 11) is 0.0404. The van der Waals surface area contributed by atoms with Gasteiger partial charge in [-0.1, -0.05) is 12.1 Å². The quantitative estimate of drug-likeness (QED) is 0.336. The Morgan fingerprint density at radius 1 is 1.11 bits per heavy atom. The van der Waals surface area contributed by atoms with Crippen LogP contribution in [0.4, 0.5) is 33.2 Å². The van der Waals surface area contributed by atoms with Gasteiger partial charge in [-0.2, -0.15) is 4.98 Å². The molecule has 0 aliphatic rings. The number of benzene rings is 2. The van der Waals surface area contributed by atoms with Crippen LogP contribution in [0.1, 0.15) is 23.6 Å². The molecule has 0 atom stereocenters. The first-order chi connectivity index (χ1) is 16.5. The Morgan fingerprint density at radius 2 is 1.80 bits per heavy atom. The Kier molecular flexibility index (Phi) is 9.07. The Bertz CT molecular complexity index is 1340. The Morgan fingerprint density at radius 3 is 2.40 bits per heavy atom. The maximum absolute atomic E-state index is 14.6. The van der Waals surface area contributed by atoms with E-state index in [0.717, 1.165) is 40.5 Å². The van der Waals surface area contributed by atoms with Crippen molar-refractivity contribution >= 4 is 44.6 Å². The number of halogens is 1. The van der Waals surface area contributed by atoms with E-state index in [1.807, 2.05) is 32.0 Å². The van der Waals surface area contributed by atoms with Crippen molar-refractivity contribution in [3.63, 3.8) is 0 Å². The zero-order valence-corrected chi connectivity index (χ0v) is 21.7. The van der Waals surface area contributed by atoms with Crippen molar-refractivity contribution in [2.75, 3.05) is 35.3 Å². The maximum Gasteiger partial charge on any atom is 0.229 e. The zero-order chi connectivity index (χ0) is 26.3. The molecule has 0 bridgehead atoms. The summed E-state index contributed by atoms with van der Waals surface area (Å²) in [5.74, 6) is -0.295. The van der Waals surface area contributed by atoms with Gasteiger partial charge in [-0.25, -0.2) is 17.8 Å². The number of aryl methyl sites for hydroxylation is 2. The third-order valence-corrected chi connectivity index (χ3v) is 5.75. The smallest absolute Gasteiger partial charge is 0.229 e. The van der Waals surface area contributed by atoms with Gasteiger partial charge in [-0.15, -0.1) is 13.2 Å². The highest BCUT2D eigenvalue weighted by Gasteiger charge is 2.15. The number of nitrogens with zero attached hydrogens (tertiary/aromatic N) is 4. The zero-order valence-electron chi connectivity index (χ0n) is 20.8. The van der Waals surface area contributed by atoms with Crippen LogP contribution in [0.25, 0.3) is 0 Å². The second kappa shape index (κ2) is 11.6. The largest absolute Gasteiger partial charge is 0.327 e. The first-order valence-electron chi connectivity index (χ1n) is 10.6. The second-order valence-corrected chi connectivity index (χ2v) is 9.51. The molecule has 0 aliphatic carbocycles. The highest BCUT2D eigenvalue weighted by atomic mass is 32.2. The standard InChI is InChI=1S/C23H27FN6O2S.C2H4/c1-14-7-8-17(12-21(14)29-33(6,31)32)27-23-26-13-20(24)22(28-23)30(5)18-9-10-19(15(2)11-18)16(3)25-4;1-2/h7-13,29H,1-6H3,(H,26,27,28);1-2H2. The monoisotopic (exact) mass is 498 g/mol. The van der Waals surface area contributed by atoms with Gasteiger partial charge in [0.25, 0.3) is 0 Å². The second-order valence-electron chi connectivity index (χ2n) is 7.76. The molecule has 0 radical (unpaired) electrons. The number of aliphatic imine (C=N–C) groups is 1. The molecular formula is C25H31FN6O2S. The van der Waals surface area contributed by atoms with E-state index in [1.54, 1.807) is 44.1 Å². The molecule has 0 aliphatic heterocycles. The Hall–Kier alpha value is -3.79. The fraction of sp³-hybridized carbons (Fsp3) is 0.240. The lowest BCUT2D eigenvalue weighted by Gasteiger charge is -2.21. The molecule has 10 heteroatoms. The van der Waals surface area contributed by atoms with Crippen molar-refractivity contribution in [3.05, 3.63) is 78.3 Å². The van der Waals surface area contributed by atoms with Gasteiger partial charge in [0.15, 0.2) is 11.6 Å². The summed E-state index contributed by atoms with van der Waals surface area (Å²) in [5, 5.41) is 3.01. The Labute approximate surface area is 206 Å². The lowest BCUT2D eigenvalue weighted by molar-refractivity contribution is 0.606. The van der Waals surface area contributed by atoms with Crippen LogP contribution in [0.5, 0.6) is 0 Å². The van der Waals surface area contributed by atoms with Crippen LogP contribution in [0.15, 0.2) is 60.7 Å². The van der Waals surface area contributed by atoms with Gasteiger partial charge in [0, 0.05) is 31.2 Å². The lowest BCUT2D eigenvalue weighted by Crippen LogP contribution is -2.15. The number of sulfonamides is 1. The average Bonchev–Trinajstić information content (AvgIpc) is 2.82. The fourth-order valence-electron chi connectivity index (χ4n) is 3.30. The van der Waals surface area contributed by atoms with E-state index in [1.165, 1.54) is 0 Å². The number of anilines is 5.